The van der Waals surface area contributed by atoms with Crippen molar-refractivity contribution in [2.75, 3.05) is 5.75 Å². The molecular weight excluding hydrogens is 533 g/mol. The summed E-state index contributed by atoms with van der Waals surface area (Å²) in [4.78, 5) is 28.1. The second-order valence-electron chi connectivity index (χ2n) is 10.4. The van der Waals surface area contributed by atoms with E-state index in [0.29, 0.717) is 42.1 Å². The van der Waals surface area contributed by atoms with Gasteiger partial charge in [-0.3, -0.25) is 9.59 Å². The molecule has 6 nitrogen and oxygen atoms in total. The molecule has 2 aromatic rings. The molecule has 2 fully saturated rings. The summed E-state index contributed by atoms with van der Waals surface area (Å²) in [5.41, 5.74) is 0.538. The number of hydrogen-bond acceptors (Lipinski definition) is 4. The van der Waals surface area contributed by atoms with Gasteiger partial charge in [0.2, 0.25) is 5.91 Å². The molecule has 200 valence electrons. The Morgan fingerprint density at radius 2 is 1.76 bits per heavy atom. The molecular formula is C28H33Cl2NO5S. The van der Waals surface area contributed by atoms with E-state index < -0.39 is 33.3 Å². The highest BCUT2D eigenvalue weighted by Crippen LogP contribution is 2.53. The van der Waals surface area contributed by atoms with Gasteiger partial charge in [0.05, 0.1) is 28.9 Å². The molecule has 4 rings (SSSR count). The number of amides is 1. The predicted octanol–water partition coefficient (Wildman–Crippen LogP) is 6.28. The van der Waals surface area contributed by atoms with E-state index in [0.717, 1.165) is 11.1 Å². The standard InChI is InChI=1S/C28H33Cl2NO5S/c1-3-22(17-37(35,36)23-12-13-23)31-26(18-8-10-20(29)11-9-18)24(19-6-5-7-21(30)14-19)15-28(4-2,27(31)34)16-25(32)33/h5-11,14,22-24,26H,3-4,12-13,15-17H2,1-2H3,(H,32,33)/t22-,24+,26+,28-/m0/s1. The van der Waals surface area contributed by atoms with Gasteiger partial charge in [0.1, 0.15) is 0 Å². The van der Waals surface area contributed by atoms with Crippen LogP contribution in [0.2, 0.25) is 10.0 Å². The van der Waals surface area contributed by atoms with Gasteiger partial charge in [-0.25, -0.2) is 8.42 Å². The predicted molar refractivity (Wildman–Crippen MR) is 146 cm³/mol. The minimum absolute atomic E-state index is 0.140. The Hall–Kier alpha value is -2.09. The molecule has 1 aliphatic carbocycles. The van der Waals surface area contributed by atoms with Crippen molar-refractivity contribution >= 4 is 44.9 Å². The van der Waals surface area contributed by atoms with E-state index in [1.165, 1.54) is 0 Å². The van der Waals surface area contributed by atoms with Gasteiger partial charge in [0, 0.05) is 22.0 Å². The summed E-state index contributed by atoms with van der Waals surface area (Å²) >= 11 is 12.6. The first-order valence-corrected chi connectivity index (χ1v) is 15.3. The molecule has 9 heteroatoms. The van der Waals surface area contributed by atoms with Gasteiger partial charge in [-0.05, 0) is 67.5 Å². The fourth-order valence-electron chi connectivity index (χ4n) is 5.78. The summed E-state index contributed by atoms with van der Waals surface area (Å²) in [7, 11) is -3.39. The summed E-state index contributed by atoms with van der Waals surface area (Å²) in [5, 5.41) is 10.6. The number of piperidine rings is 1. The van der Waals surface area contributed by atoms with E-state index in [9.17, 15) is 23.1 Å². The van der Waals surface area contributed by atoms with Gasteiger partial charge >= 0.3 is 5.97 Å². The zero-order valence-corrected chi connectivity index (χ0v) is 23.4. The third kappa shape index (κ3) is 5.84. The SMILES string of the molecule is CC[C@@H](CS(=O)(=O)C1CC1)N1C(=O)[C@](CC)(CC(=O)O)C[C@H](c2cccc(Cl)c2)[C@H]1c1ccc(Cl)cc1. The molecule has 1 N–H and O–H groups in total. The van der Waals surface area contributed by atoms with Crippen LogP contribution in [-0.4, -0.2) is 47.3 Å². The fraction of sp³-hybridized carbons (Fsp3) is 0.500. The average Bonchev–Trinajstić information content (AvgIpc) is 3.70. The highest BCUT2D eigenvalue weighted by molar-refractivity contribution is 7.92. The van der Waals surface area contributed by atoms with Gasteiger partial charge < -0.3 is 10.0 Å². The normalized spacial score (nSPS) is 25.2. The van der Waals surface area contributed by atoms with Crippen LogP contribution in [0.5, 0.6) is 0 Å². The molecule has 0 spiro atoms. The lowest BCUT2D eigenvalue weighted by molar-refractivity contribution is -0.161. The third-order valence-corrected chi connectivity index (χ3v) is 10.8. The maximum absolute atomic E-state index is 14.4. The number of halogens is 2. The second kappa shape index (κ2) is 11.0. The Kier molecular flexibility index (Phi) is 8.27. The van der Waals surface area contributed by atoms with Crippen molar-refractivity contribution in [1.82, 2.24) is 4.90 Å². The monoisotopic (exact) mass is 565 g/mol. The van der Waals surface area contributed by atoms with Crippen molar-refractivity contribution in [3.8, 4) is 0 Å². The molecule has 1 saturated carbocycles. The highest BCUT2D eigenvalue weighted by atomic mass is 35.5. The van der Waals surface area contributed by atoms with E-state index in [1.807, 2.05) is 44.2 Å². The van der Waals surface area contributed by atoms with Gasteiger partial charge in [0.25, 0.3) is 0 Å². The summed E-state index contributed by atoms with van der Waals surface area (Å²) in [6.45, 7) is 3.71. The maximum Gasteiger partial charge on any atom is 0.304 e. The minimum atomic E-state index is -3.39. The second-order valence-corrected chi connectivity index (χ2v) is 13.6. The van der Waals surface area contributed by atoms with Crippen molar-refractivity contribution in [1.29, 1.82) is 0 Å². The van der Waals surface area contributed by atoms with Crippen molar-refractivity contribution in [3.63, 3.8) is 0 Å². The summed E-state index contributed by atoms with van der Waals surface area (Å²) < 4.78 is 26.3. The quantitative estimate of drug-likeness (QED) is 0.366. The van der Waals surface area contributed by atoms with Crippen LogP contribution in [0.15, 0.2) is 48.5 Å². The molecule has 1 heterocycles. The van der Waals surface area contributed by atoms with Crippen LogP contribution in [0.25, 0.3) is 0 Å². The van der Waals surface area contributed by atoms with Crippen molar-refractivity contribution in [2.45, 2.75) is 75.6 Å². The van der Waals surface area contributed by atoms with Crippen molar-refractivity contribution in [2.24, 2.45) is 5.41 Å². The van der Waals surface area contributed by atoms with Gasteiger partial charge in [-0.15, -0.1) is 0 Å². The number of sulfone groups is 1. The Balaban J connectivity index is 1.92. The summed E-state index contributed by atoms with van der Waals surface area (Å²) in [6, 6.07) is 13.6. The van der Waals surface area contributed by atoms with Crippen LogP contribution < -0.4 is 0 Å². The number of hydrogen-bond donors (Lipinski definition) is 1. The molecule has 0 bridgehead atoms. The Bertz CT molecular complexity index is 1260. The average molecular weight is 567 g/mol. The van der Waals surface area contributed by atoms with Crippen molar-refractivity contribution < 1.29 is 23.1 Å². The Morgan fingerprint density at radius 1 is 1.08 bits per heavy atom. The molecule has 37 heavy (non-hydrogen) atoms. The highest BCUT2D eigenvalue weighted by Gasteiger charge is 2.54. The largest absolute Gasteiger partial charge is 0.481 e. The lowest BCUT2D eigenvalue weighted by Gasteiger charge is -2.52. The molecule has 0 radical (unpaired) electrons. The smallest absolute Gasteiger partial charge is 0.304 e. The van der Waals surface area contributed by atoms with Crippen LogP contribution in [0.1, 0.15) is 75.5 Å². The Labute approximate surface area is 228 Å². The molecule has 1 aliphatic heterocycles. The minimum Gasteiger partial charge on any atom is -0.481 e. The van der Waals surface area contributed by atoms with Gasteiger partial charge in [-0.2, -0.15) is 0 Å². The number of rotatable bonds is 10. The van der Waals surface area contributed by atoms with Crippen LogP contribution in [0.3, 0.4) is 0 Å². The molecule has 2 aromatic carbocycles. The Morgan fingerprint density at radius 3 is 2.30 bits per heavy atom. The number of carbonyl (C=O) groups excluding carboxylic acids is 1. The van der Waals surface area contributed by atoms with E-state index in [2.05, 4.69) is 0 Å². The summed E-state index contributed by atoms with van der Waals surface area (Å²) in [6.07, 6.45) is 2.04. The lowest BCUT2D eigenvalue weighted by atomic mass is 9.65. The van der Waals surface area contributed by atoms with Crippen LogP contribution in [-0.2, 0) is 19.4 Å². The van der Waals surface area contributed by atoms with E-state index in [4.69, 9.17) is 23.2 Å². The number of carboxylic acid groups (broad SMARTS) is 1. The van der Waals surface area contributed by atoms with Gasteiger partial charge in [-0.1, -0.05) is 61.3 Å². The van der Waals surface area contributed by atoms with Crippen LogP contribution in [0, 0.1) is 5.41 Å². The topological polar surface area (TPSA) is 91.8 Å². The number of benzene rings is 2. The molecule has 4 atom stereocenters. The summed E-state index contributed by atoms with van der Waals surface area (Å²) in [5.74, 6) is -1.79. The number of nitrogens with zero attached hydrogens (tertiary/aromatic N) is 1. The van der Waals surface area contributed by atoms with Crippen LogP contribution in [0.4, 0.5) is 0 Å². The zero-order chi connectivity index (χ0) is 27.0. The van der Waals surface area contributed by atoms with Crippen LogP contribution >= 0.6 is 23.2 Å². The third-order valence-electron chi connectivity index (χ3n) is 7.96. The lowest BCUT2D eigenvalue weighted by Crippen LogP contribution is -2.58. The molecule has 1 amide bonds. The zero-order valence-electron chi connectivity index (χ0n) is 21.1. The first-order chi connectivity index (χ1) is 17.5. The number of aliphatic carboxylic acids is 1. The van der Waals surface area contributed by atoms with Gasteiger partial charge in [0.15, 0.2) is 9.84 Å². The van der Waals surface area contributed by atoms with E-state index in [1.54, 1.807) is 23.1 Å². The number of carboxylic acids is 1. The molecule has 0 unspecified atom stereocenters. The molecule has 1 saturated heterocycles. The first-order valence-electron chi connectivity index (χ1n) is 12.8. The van der Waals surface area contributed by atoms with Crippen molar-refractivity contribution in [3.05, 3.63) is 69.7 Å². The maximum atomic E-state index is 14.4. The molecule has 2 aliphatic rings. The fourth-order valence-corrected chi connectivity index (χ4v) is 8.17. The van der Waals surface area contributed by atoms with E-state index in [-0.39, 0.29) is 29.2 Å². The number of likely N-dealkylation sites (tertiary alicyclic amines) is 1. The van der Waals surface area contributed by atoms with E-state index >= 15 is 0 Å². The number of carbonyl (C=O) groups is 2. The molecule has 0 aromatic heterocycles. The first kappa shape index (κ1) is 27.9.